The highest BCUT2D eigenvalue weighted by Crippen LogP contribution is 2.39. The van der Waals surface area contributed by atoms with E-state index < -0.39 is 12.3 Å². The second-order valence-corrected chi connectivity index (χ2v) is 3.27. The molecule has 1 atom stereocenters. The van der Waals surface area contributed by atoms with Crippen LogP contribution in [0.1, 0.15) is 22.2 Å². The van der Waals surface area contributed by atoms with Gasteiger partial charge in [0.2, 0.25) is 6.29 Å². The van der Waals surface area contributed by atoms with E-state index in [2.05, 4.69) is 0 Å². The third-order valence-corrected chi connectivity index (χ3v) is 2.45. The molecule has 1 aliphatic heterocycles. The lowest BCUT2D eigenvalue weighted by Crippen LogP contribution is -2.00. The highest BCUT2D eigenvalue weighted by Gasteiger charge is 2.35. The molecule has 0 spiro atoms. The largest absolute Gasteiger partial charge is 0.497 e. The molecule has 0 saturated carbocycles. The molecule has 2 rings (SSSR count). The molecule has 0 aromatic heterocycles. The molecule has 86 valence electrons. The average Bonchev–Trinajstić information content (AvgIpc) is 2.65. The molecule has 0 saturated heterocycles. The van der Waals surface area contributed by atoms with Crippen LogP contribution in [-0.4, -0.2) is 27.3 Å². The van der Waals surface area contributed by atoms with Crippen LogP contribution >= 0.6 is 0 Å². The van der Waals surface area contributed by atoms with Crippen LogP contribution in [0.5, 0.6) is 11.5 Å². The second-order valence-electron chi connectivity index (χ2n) is 3.27. The summed E-state index contributed by atoms with van der Waals surface area (Å²) in [4.78, 5) is 11.6. The van der Waals surface area contributed by atoms with Crippen molar-refractivity contribution in [2.75, 3.05) is 21.3 Å². The molecule has 0 fully saturated rings. The van der Waals surface area contributed by atoms with E-state index in [-0.39, 0.29) is 0 Å². The average molecular weight is 224 g/mol. The first-order valence-electron chi connectivity index (χ1n) is 4.71. The zero-order valence-corrected chi connectivity index (χ0v) is 9.27. The minimum Gasteiger partial charge on any atom is -0.497 e. The van der Waals surface area contributed by atoms with Crippen molar-refractivity contribution >= 4 is 5.97 Å². The van der Waals surface area contributed by atoms with E-state index >= 15 is 0 Å². The van der Waals surface area contributed by atoms with Crippen molar-refractivity contribution in [1.82, 2.24) is 0 Å². The van der Waals surface area contributed by atoms with Crippen LogP contribution in [0, 0.1) is 0 Å². The number of benzene rings is 1. The van der Waals surface area contributed by atoms with Crippen LogP contribution in [0.4, 0.5) is 0 Å². The van der Waals surface area contributed by atoms with E-state index in [1.807, 2.05) is 0 Å². The van der Waals surface area contributed by atoms with Crippen molar-refractivity contribution in [3.63, 3.8) is 0 Å². The normalized spacial score (nSPS) is 17.9. The molecule has 1 aromatic carbocycles. The quantitative estimate of drug-likeness (QED) is 0.728. The highest BCUT2D eigenvalue weighted by molar-refractivity contribution is 5.97. The van der Waals surface area contributed by atoms with Crippen LogP contribution in [0.2, 0.25) is 0 Å². The predicted molar refractivity (Wildman–Crippen MR) is 54.7 cm³/mol. The van der Waals surface area contributed by atoms with Gasteiger partial charge in [0.25, 0.3) is 0 Å². The van der Waals surface area contributed by atoms with Crippen molar-refractivity contribution in [1.29, 1.82) is 0 Å². The van der Waals surface area contributed by atoms with Gasteiger partial charge < -0.3 is 18.9 Å². The second kappa shape index (κ2) is 4.02. The van der Waals surface area contributed by atoms with Crippen LogP contribution < -0.4 is 9.47 Å². The number of esters is 1. The van der Waals surface area contributed by atoms with Gasteiger partial charge in [0.05, 0.1) is 14.2 Å². The third kappa shape index (κ3) is 1.49. The minimum atomic E-state index is -0.688. The number of methoxy groups -OCH3 is 3. The first-order valence-corrected chi connectivity index (χ1v) is 4.71. The van der Waals surface area contributed by atoms with Crippen molar-refractivity contribution in [3.8, 4) is 11.5 Å². The highest BCUT2D eigenvalue weighted by atomic mass is 16.7. The lowest BCUT2D eigenvalue weighted by atomic mass is 10.1. The Morgan fingerprint density at radius 1 is 1.19 bits per heavy atom. The lowest BCUT2D eigenvalue weighted by Gasteiger charge is -2.10. The fourth-order valence-corrected chi connectivity index (χ4v) is 1.69. The molecule has 0 radical (unpaired) electrons. The summed E-state index contributed by atoms with van der Waals surface area (Å²) < 4.78 is 20.3. The number of fused-ring (bicyclic) bond motifs is 1. The van der Waals surface area contributed by atoms with E-state index in [9.17, 15) is 4.79 Å². The van der Waals surface area contributed by atoms with Gasteiger partial charge in [0, 0.05) is 18.7 Å². The maximum absolute atomic E-state index is 11.6. The van der Waals surface area contributed by atoms with Gasteiger partial charge in [-0.3, -0.25) is 0 Å². The van der Waals surface area contributed by atoms with Crippen LogP contribution in [-0.2, 0) is 9.47 Å². The maximum atomic E-state index is 11.6. The molecule has 1 aromatic rings. The number of hydrogen-bond acceptors (Lipinski definition) is 5. The molecule has 5 heteroatoms. The molecule has 0 amide bonds. The summed E-state index contributed by atoms with van der Waals surface area (Å²) in [6.45, 7) is 0. The number of carbonyl (C=O) groups excluding carboxylic acids is 1. The van der Waals surface area contributed by atoms with E-state index in [0.29, 0.717) is 22.6 Å². The molecule has 5 nitrogen and oxygen atoms in total. The summed E-state index contributed by atoms with van der Waals surface area (Å²) in [5.74, 6) is 0.580. The van der Waals surface area contributed by atoms with Gasteiger partial charge in [-0.25, -0.2) is 4.79 Å². The van der Waals surface area contributed by atoms with E-state index in [0.717, 1.165) is 0 Å². The first kappa shape index (κ1) is 10.8. The third-order valence-electron chi connectivity index (χ3n) is 2.45. The van der Waals surface area contributed by atoms with Gasteiger partial charge in [-0.05, 0) is 6.07 Å². The summed E-state index contributed by atoms with van der Waals surface area (Å²) in [5, 5.41) is 0. The fraction of sp³-hybridized carbons (Fsp3) is 0.364. The SMILES string of the molecule is COc1cc(OC)c2c(c1)[C@H](OC)OC2=O. The Morgan fingerprint density at radius 3 is 2.50 bits per heavy atom. The maximum Gasteiger partial charge on any atom is 0.345 e. The van der Waals surface area contributed by atoms with Gasteiger partial charge in [-0.15, -0.1) is 0 Å². The Balaban J connectivity index is 2.59. The van der Waals surface area contributed by atoms with Crippen molar-refractivity contribution in [2.45, 2.75) is 6.29 Å². The molecule has 16 heavy (non-hydrogen) atoms. The summed E-state index contributed by atoms with van der Waals surface area (Å²) in [6, 6.07) is 3.34. The van der Waals surface area contributed by atoms with Gasteiger partial charge in [0.15, 0.2) is 0 Å². The standard InChI is InChI=1S/C11H12O5/c1-13-6-4-7-9(8(5-6)14-2)10(12)16-11(7)15-3/h4-5,11H,1-3H3/t11-/m1/s1. The Kier molecular flexibility index (Phi) is 2.70. The summed E-state index contributed by atoms with van der Waals surface area (Å²) in [6.07, 6.45) is -0.688. The Hall–Kier alpha value is -1.75. The van der Waals surface area contributed by atoms with Crippen molar-refractivity contribution < 1.29 is 23.7 Å². The minimum absolute atomic E-state index is 0.398. The molecule has 0 N–H and O–H groups in total. The van der Waals surface area contributed by atoms with Gasteiger partial charge in [-0.1, -0.05) is 0 Å². The van der Waals surface area contributed by atoms with Crippen molar-refractivity contribution in [2.24, 2.45) is 0 Å². The molecular formula is C11H12O5. The summed E-state index contributed by atoms with van der Waals surface area (Å²) >= 11 is 0. The Morgan fingerprint density at radius 2 is 1.94 bits per heavy atom. The fourth-order valence-electron chi connectivity index (χ4n) is 1.69. The lowest BCUT2D eigenvalue weighted by molar-refractivity contribution is -0.0816. The number of rotatable bonds is 3. The Labute approximate surface area is 92.9 Å². The summed E-state index contributed by atoms with van der Waals surface area (Å²) in [7, 11) is 4.50. The first-order chi connectivity index (χ1) is 7.71. The van der Waals surface area contributed by atoms with E-state index in [1.54, 1.807) is 19.2 Å². The topological polar surface area (TPSA) is 54.0 Å². The predicted octanol–water partition coefficient (Wildman–Crippen LogP) is 1.52. The number of carbonyl (C=O) groups is 1. The van der Waals surface area contributed by atoms with Crippen molar-refractivity contribution in [3.05, 3.63) is 23.3 Å². The molecule has 1 aliphatic rings. The summed E-state index contributed by atoms with van der Waals surface area (Å²) in [5.41, 5.74) is 1.03. The van der Waals surface area contributed by atoms with Gasteiger partial charge in [-0.2, -0.15) is 0 Å². The molecule has 1 heterocycles. The van der Waals surface area contributed by atoms with Gasteiger partial charge >= 0.3 is 5.97 Å². The zero-order valence-electron chi connectivity index (χ0n) is 9.27. The zero-order chi connectivity index (χ0) is 11.7. The number of hydrogen-bond donors (Lipinski definition) is 0. The van der Waals surface area contributed by atoms with E-state index in [1.165, 1.54) is 14.2 Å². The van der Waals surface area contributed by atoms with Crippen LogP contribution in [0.15, 0.2) is 12.1 Å². The molecule has 0 bridgehead atoms. The molecule has 0 aliphatic carbocycles. The smallest absolute Gasteiger partial charge is 0.345 e. The van der Waals surface area contributed by atoms with Crippen LogP contribution in [0.25, 0.3) is 0 Å². The number of ether oxygens (including phenoxy) is 4. The number of cyclic esters (lactones) is 1. The molecular weight excluding hydrogens is 212 g/mol. The monoisotopic (exact) mass is 224 g/mol. The molecule has 0 unspecified atom stereocenters. The van der Waals surface area contributed by atoms with Crippen LogP contribution in [0.3, 0.4) is 0 Å². The van der Waals surface area contributed by atoms with E-state index in [4.69, 9.17) is 18.9 Å². The van der Waals surface area contributed by atoms with Gasteiger partial charge in [0.1, 0.15) is 17.1 Å². The Bertz CT molecular complexity index is 427.